The highest BCUT2D eigenvalue weighted by Gasteiger charge is 2.24. The molecule has 0 saturated heterocycles. The lowest BCUT2D eigenvalue weighted by atomic mass is 9.99. The van der Waals surface area contributed by atoms with E-state index in [0.717, 1.165) is 12.5 Å². The summed E-state index contributed by atoms with van der Waals surface area (Å²) in [7, 11) is 1.71. The lowest BCUT2D eigenvalue weighted by Crippen LogP contribution is -2.49. The van der Waals surface area contributed by atoms with Gasteiger partial charge in [-0.05, 0) is 39.0 Å². The fourth-order valence-corrected chi connectivity index (χ4v) is 1.70. The molecule has 1 fully saturated rings. The fraction of sp³-hybridized carbons (Fsp3) is 0.857. The first kappa shape index (κ1) is 16.8. The van der Waals surface area contributed by atoms with E-state index in [1.807, 2.05) is 13.8 Å². The molecule has 0 aromatic rings. The Morgan fingerprint density at radius 2 is 2.05 bits per heavy atom. The third-order valence-electron chi connectivity index (χ3n) is 3.38. The van der Waals surface area contributed by atoms with E-state index in [9.17, 15) is 9.59 Å². The number of carboxylic acids is 1. The Hall–Kier alpha value is -1.30. The van der Waals surface area contributed by atoms with Gasteiger partial charge in [0, 0.05) is 32.2 Å². The van der Waals surface area contributed by atoms with E-state index < -0.39 is 11.5 Å². The van der Waals surface area contributed by atoms with E-state index in [1.54, 1.807) is 11.9 Å². The molecule has 1 aliphatic rings. The first-order valence-corrected chi connectivity index (χ1v) is 7.13. The van der Waals surface area contributed by atoms with Crippen LogP contribution in [0.25, 0.3) is 0 Å². The summed E-state index contributed by atoms with van der Waals surface area (Å²) < 4.78 is 5.49. The summed E-state index contributed by atoms with van der Waals surface area (Å²) in [6.45, 7) is 5.51. The van der Waals surface area contributed by atoms with Crippen LogP contribution in [0, 0.1) is 5.92 Å². The smallest absolute Gasteiger partial charge is 0.317 e. The summed E-state index contributed by atoms with van der Waals surface area (Å²) in [6, 6.07) is -0.199. The van der Waals surface area contributed by atoms with Gasteiger partial charge in [0.15, 0.2) is 0 Å². The van der Waals surface area contributed by atoms with Crippen LogP contribution in [0.5, 0.6) is 0 Å². The van der Waals surface area contributed by atoms with E-state index >= 15 is 0 Å². The summed E-state index contributed by atoms with van der Waals surface area (Å²) >= 11 is 0. The van der Waals surface area contributed by atoms with Crippen LogP contribution in [-0.4, -0.2) is 54.4 Å². The molecule has 0 heterocycles. The van der Waals surface area contributed by atoms with Gasteiger partial charge in [0.1, 0.15) is 0 Å². The van der Waals surface area contributed by atoms with Crippen molar-refractivity contribution in [2.45, 2.75) is 45.1 Å². The maximum Gasteiger partial charge on any atom is 0.317 e. The second-order valence-electron chi connectivity index (χ2n) is 6.15. The van der Waals surface area contributed by atoms with E-state index in [-0.39, 0.29) is 12.5 Å². The number of carboxylic acid groups (broad SMARTS) is 1. The van der Waals surface area contributed by atoms with Gasteiger partial charge in [-0.3, -0.25) is 4.79 Å². The number of nitrogens with zero attached hydrogens (tertiary/aromatic N) is 1. The van der Waals surface area contributed by atoms with Gasteiger partial charge in [-0.1, -0.05) is 0 Å². The van der Waals surface area contributed by atoms with E-state index in [4.69, 9.17) is 9.84 Å². The zero-order valence-corrected chi connectivity index (χ0v) is 12.6. The van der Waals surface area contributed by atoms with Crippen molar-refractivity contribution >= 4 is 12.0 Å². The predicted molar refractivity (Wildman–Crippen MR) is 75.7 cm³/mol. The first-order chi connectivity index (χ1) is 9.30. The molecule has 1 rings (SSSR count). The standard InChI is InChI=1S/C14H26N2O4/c1-14(2,7-6-12(17)18)15-13(19)16(3)8-9-20-10-11-4-5-11/h11H,4-10H2,1-3H3,(H,15,19)(H,17,18). The van der Waals surface area contributed by atoms with Crippen molar-refractivity contribution in [1.82, 2.24) is 10.2 Å². The molecule has 2 amide bonds. The molecule has 116 valence electrons. The van der Waals surface area contributed by atoms with E-state index in [0.29, 0.717) is 19.6 Å². The van der Waals surface area contributed by atoms with Crippen LogP contribution in [0.15, 0.2) is 0 Å². The highest BCUT2D eigenvalue weighted by Crippen LogP contribution is 2.28. The van der Waals surface area contributed by atoms with Gasteiger partial charge in [-0.25, -0.2) is 4.79 Å². The highest BCUT2D eigenvalue weighted by atomic mass is 16.5. The molecule has 6 heteroatoms. The van der Waals surface area contributed by atoms with Gasteiger partial charge in [0.25, 0.3) is 0 Å². The van der Waals surface area contributed by atoms with Gasteiger partial charge in [-0.2, -0.15) is 0 Å². The van der Waals surface area contributed by atoms with Gasteiger partial charge in [-0.15, -0.1) is 0 Å². The third kappa shape index (κ3) is 7.33. The summed E-state index contributed by atoms with van der Waals surface area (Å²) in [5, 5.41) is 11.5. The second-order valence-corrected chi connectivity index (χ2v) is 6.15. The minimum absolute atomic E-state index is 0.0431. The number of ether oxygens (including phenoxy) is 1. The zero-order valence-electron chi connectivity index (χ0n) is 12.6. The molecule has 6 nitrogen and oxygen atoms in total. The molecular formula is C14H26N2O4. The molecule has 1 aliphatic carbocycles. The molecule has 0 aromatic heterocycles. The summed E-state index contributed by atoms with van der Waals surface area (Å²) in [5.41, 5.74) is -0.529. The maximum atomic E-state index is 12.0. The second kappa shape index (κ2) is 7.47. The number of likely N-dealkylation sites (N-methyl/N-ethyl adjacent to an activating group) is 1. The van der Waals surface area contributed by atoms with Gasteiger partial charge >= 0.3 is 12.0 Å². The van der Waals surface area contributed by atoms with Crippen LogP contribution in [0.2, 0.25) is 0 Å². The number of carbonyl (C=O) groups excluding carboxylic acids is 1. The van der Waals surface area contributed by atoms with Crippen molar-refractivity contribution in [2.24, 2.45) is 5.92 Å². The molecule has 2 N–H and O–H groups in total. The van der Waals surface area contributed by atoms with Crippen LogP contribution in [0.4, 0.5) is 4.79 Å². The Morgan fingerprint density at radius 3 is 2.60 bits per heavy atom. The van der Waals surface area contributed by atoms with Crippen molar-refractivity contribution in [3.63, 3.8) is 0 Å². The number of nitrogens with one attached hydrogen (secondary N) is 1. The highest BCUT2D eigenvalue weighted by molar-refractivity contribution is 5.74. The minimum Gasteiger partial charge on any atom is -0.481 e. The van der Waals surface area contributed by atoms with E-state index in [2.05, 4.69) is 5.32 Å². The SMILES string of the molecule is CN(CCOCC1CC1)C(=O)NC(C)(C)CCC(=O)O. The van der Waals surface area contributed by atoms with Gasteiger partial charge in [0.05, 0.1) is 6.61 Å². The number of aliphatic carboxylic acids is 1. The maximum absolute atomic E-state index is 12.0. The lowest BCUT2D eigenvalue weighted by molar-refractivity contribution is -0.137. The Labute approximate surface area is 120 Å². The zero-order chi connectivity index (χ0) is 15.2. The Morgan fingerprint density at radius 1 is 1.40 bits per heavy atom. The molecular weight excluding hydrogens is 260 g/mol. The Kier molecular flexibility index (Phi) is 6.26. The Balaban J connectivity index is 2.19. The lowest BCUT2D eigenvalue weighted by Gasteiger charge is -2.29. The number of urea groups is 1. The number of hydrogen-bond donors (Lipinski definition) is 2. The summed E-state index contributed by atoms with van der Waals surface area (Å²) in [6.07, 6.45) is 2.96. The number of amides is 2. The summed E-state index contributed by atoms with van der Waals surface area (Å²) in [4.78, 5) is 24.1. The monoisotopic (exact) mass is 286 g/mol. The van der Waals surface area contributed by atoms with Crippen molar-refractivity contribution in [2.75, 3.05) is 26.8 Å². The molecule has 0 unspecified atom stereocenters. The van der Waals surface area contributed by atoms with Crippen molar-refractivity contribution < 1.29 is 19.4 Å². The molecule has 0 spiro atoms. The first-order valence-electron chi connectivity index (χ1n) is 7.13. The van der Waals surface area contributed by atoms with E-state index in [1.165, 1.54) is 12.8 Å². The molecule has 0 aromatic carbocycles. The third-order valence-corrected chi connectivity index (χ3v) is 3.38. The van der Waals surface area contributed by atoms with Crippen molar-refractivity contribution in [1.29, 1.82) is 0 Å². The normalized spacial score (nSPS) is 14.9. The predicted octanol–water partition coefficient (Wildman–Crippen LogP) is 1.70. The topological polar surface area (TPSA) is 78.9 Å². The molecule has 1 saturated carbocycles. The largest absolute Gasteiger partial charge is 0.481 e. The van der Waals surface area contributed by atoms with Crippen LogP contribution >= 0.6 is 0 Å². The number of rotatable bonds is 9. The quantitative estimate of drug-likeness (QED) is 0.632. The number of hydrogen-bond acceptors (Lipinski definition) is 3. The van der Waals surface area contributed by atoms with Crippen LogP contribution in [-0.2, 0) is 9.53 Å². The number of carbonyl (C=O) groups is 2. The van der Waals surface area contributed by atoms with Gasteiger partial charge < -0.3 is 20.1 Å². The fourth-order valence-electron chi connectivity index (χ4n) is 1.70. The average Bonchev–Trinajstić information content (AvgIpc) is 3.15. The Bertz CT molecular complexity index is 340. The molecule has 0 bridgehead atoms. The molecule has 0 aliphatic heterocycles. The van der Waals surface area contributed by atoms with Crippen molar-refractivity contribution in [3.8, 4) is 0 Å². The summed E-state index contributed by atoms with van der Waals surface area (Å²) in [5.74, 6) is -0.127. The molecule has 20 heavy (non-hydrogen) atoms. The minimum atomic E-state index is -0.853. The van der Waals surface area contributed by atoms with Crippen LogP contribution < -0.4 is 5.32 Å². The average molecular weight is 286 g/mol. The molecule has 0 atom stereocenters. The van der Waals surface area contributed by atoms with Crippen LogP contribution in [0.1, 0.15) is 39.5 Å². The van der Waals surface area contributed by atoms with Crippen molar-refractivity contribution in [3.05, 3.63) is 0 Å². The van der Waals surface area contributed by atoms with Crippen LogP contribution in [0.3, 0.4) is 0 Å². The van der Waals surface area contributed by atoms with Gasteiger partial charge in [0.2, 0.25) is 0 Å². The molecule has 0 radical (unpaired) electrons.